The minimum absolute atomic E-state index is 0.125. The fraction of sp³-hybridized carbons (Fsp3) is 1.00. The van der Waals surface area contributed by atoms with Crippen LogP contribution in [0.4, 0.5) is 8.78 Å². The van der Waals surface area contributed by atoms with Crippen molar-refractivity contribution in [2.45, 2.75) is 18.8 Å². The number of hydrogen-bond donors (Lipinski definition) is 0. The van der Waals surface area contributed by atoms with Gasteiger partial charge in [0.05, 0.1) is 5.41 Å². The van der Waals surface area contributed by atoms with Gasteiger partial charge in [-0.15, -0.1) is 0 Å². The maximum Gasteiger partial charge on any atom is 0.255 e. The SMILES string of the molecule is FC1(F)CC12CCN(I)C2. The first-order valence-corrected chi connectivity index (χ1v) is 4.31. The van der Waals surface area contributed by atoms with Crippen molar-refractivity contribution in [3.63, 3.8) is 0 Å². The molecular weight excluding hydrogens is 251 g/mol. The van der Waals surface area contributed by atoms with Gasteiger partial charge in [-0.3, -0.25) is 0 Å². The molecule has 2 rings (SSSR count). The van der Waals surface area contributed by atoms with Gasteiger partial charge in [-0.05, 0) is 6.42 Å². The zero-order chi connectivity index (χ0) is 7.41. The highest BCUT2D eigenvalue weighted by Gasteiger charge is 2.72. The topological polar surface area (TPSA) is 3.24 Å². The summed E-state index contributed by atoms with van der Waals surface area (Å²) in [6, 6.07) is 0. The second-order valence-electron chi connectivity index (χ2n) is 3.26. The molecular formula is C6H8F2IN. The molecule has 1 unspecified atom stereocenters. The lowest BCUT2D eigenvalue weighted by molar-refractivity contribution is 0.0693. The third kappa shape index (κ3) is 0.809. The van der Waals surface area contributed by atoms with Crippen molar-refractivity contribution in [2.75, 3.05) is 13.1 Å². The average molecular weight is 259 g/mol. The van der Waals surface area contributed by atoms with Gasteiger partial charge < -0.3 is 0 Å². The molecule has 0 aromatic heterocycles. The highest BCUT2D eigenvalue weighted by Crippen LogP contribution is 2.65. The molecule has 1 atom stereocenters. The maximum atomic E-state index is 12.6. The molecule has 58 valence electrons. The second kappa shape index (κ2) is 1.83. The van der Waals surface area contributed by atoms with Crippen molar-refractivity contribution >= 4 is 22.9 Å². The standard InChI is InChI=1S/C6H8F2IN/c7-6(8)3-5(6)1-2-10(9)4-5/h1-4H2. The zero-order valence-electron chi connectivity index (χ0n) is 5.41. The second-order valence-corrected chi connectivity index (χ2v) is 4.62. The summed E-state index contributed by atoms with van der Waals surface area (Å²) >= 11 is 2.11. The molecule has 1 heterocycles. The highest BCUT2D eigenvalue weighted by molar-refractivity contribution is 14.1. The van der Waals surface area contributed by atoms with Crippen LogP contribution in [0.25, 0.3) is 0 Å². The van der Waals surface area contributed by atoms with Crippen LogP contribution in [0.1, 0.15) is 12.8 Å². The van der Waals surface area contributed by atoms with Crippen molar-refractivity contribution in [1.82, 2.24) is 3.11 Å². The van der Waals surface area contributed by atoms with E-state index in [2.05, 4.69) is 22.9 Å². The van der Waals surface area contributed by atoms with Crippen LogP contribution in [0, 0.1) is 5.41 Å². The summed E-state index contributed by atoms with van der Waals surface area (Å²) < 4.78 is 27.2. The Morgan fingerprint density at radius 2 is 2.00 bits per heavy atom. The molecule has 1 saturated carbocycles. The molecule has 1 saturated heterocycles. The van der Waals surface area contributed by atoms with Gasteiger partial charge in [0.25, 0.3) is 5.92 Å². The van der Waals surface area contributed by atoms with Gasteiger partial charge in [-0.1, -0.05) is 0 Å². The smallest absolute Gasteiger partial charge is 0.247 e. The Balaban J connectivity index is 2.09. The van der Waals surface area contributed by atoms with Gasteiger partial charge >= 0.3 is 0 Å². The normalized spacial score (nSPS) is 44.7. The summed E-state index contributed by atoms with van der Waals surface area (Å²) in [5.41, 5.74) is -0.603. The lowest BCUT2D eigenvalue weighted by Crippen LogP contribution is -2.13. The summed E-state index contributed by atoms with van der Waals surface area (Å²) in [6.45, 7) is 1.41. The Kier molecular flexibility index (Phi) is 1.32. The fourth-order valence-corrected chi connectivity index (χ4v) is 2.54. The zero-order valence-corrected chi connectivity index (χ0v) is 7.57. The molecule has 0 bridgehead atoms. The molecule has 1 aliphatic heterocycles. The molecule has 0 amide bonds. The Labute approximate surface area is 72.3 Å². The van der Waals surface area contributed by atoms with Gasteiger partial charge in [-0.25, -0.2) is 11.9 Å². The van der Waals surface area contributed by atoms with E-state index in [0.717, 1.165) is 6.54 Å². The van der Waals surface area contributed by atoms with Crippen molar-refractivity contribution in [3.8, 4) is 0 Å². The van der Waals surface area contributed by atoms with Gasteiger partial charge in [0.2, 0.25) is 0 Å². The molecule has 2 fully saturated rings. The summed E-state index contributed by atoms with van der Waals surface area (Å²) in [7, 11) is 0. The summed E-state index contributed by atoms with van der Waals surface area (Å²) in [5, 5.41) is 0. The van der Waals surface area contributed by atoms with Crippen molar-refractivity contribution in [1.29, 1.82) is 0 Å². The van der Waals surface area contributed by atoms with E-state index in [4.69, 9.17) is 0 Å². The Morgan fingerprint density at radius 1 is 1.40 bits per heavy atom. The number of rotatable bonds is 0. The average Bonchev–Trinajstić information content (AvgIpc) is 2.20. The minimum Gasteiger partial charge on any atom is -0.247 e. The van der Waals surface area contributed by atoms with Gasteiger partial charge in [0.15, 0.2) is 0 Å². The third-order valence-electron chi connectivity index (χ3n) is 2.52. The number of halogens is 3. The summed E-state index contributed by atoms with van der Waals surface area (Å²) in [4.78, 5) is 0. The molecule has 10 heavy (non-hydrogen) atoms. The van der Waals surface area contributed by atoms with E-state index in [-0.39, 0.29) is 6.42 Å². The molecule has 1 nitrogen and oxygen atoms in total. The first-order chi connectivity index (χ1) is 4.56. The molecule has 2 aliphatic rings. The van der Waals surface area contributed by atoms with Crippen molar-refractivity contribution in [3.05, 3.63) is 0 Å². The Bertz CT molecular complexity index is 173. The number of alkyl halides is 2. The van der Waals surface area contributed by atoms with Crippen molar-refractivity contribution < 1.29 is 8.78 Å². The monoisotopic (exact) mass is 259 g/mol. The number of nitrogens with zero attached hydrogens (tertiary/aromatic N) is 1. The molecule has 0 aromatic carbocycles. The van der Waals surface area contributed by atoms with Gasteiger partial charge in [0, 0.05) is 42.4 Å². The van der Waals surface area contributed by atoms with Gasteiger partial charge in [0.1, 0.15) is 0 Å². The summed E-state index contributed by atoms with van der Waals surface area (Å²) in [6.07, 6.45) is 0.808. The van der Waals surface area contributed by atoms with Crippen LogP contribution >= 0.6 is 22.9 Å². The molecule has 4 heteroatoms. The maximum absolute atomic E-state index is 12.6. The Morgan fingerprint density at radius 3 is 2.20 bits per heavy atom. The first kappa shape index (κ1) is 7.21. The van der Waals surface area contributed by atoms with E-state index in [0.29, 0.717) is 13.0 Å². The van der Waals surface area contributed by atoms with Crippen LogP contribution in [0.15, 0.2) is 0 Å². The van der Waals surface area contributed by atoms with Gasteiger partial charge in [-0.2, -0.15) is 0 Å². The quantitative estimate of drug-likeness (QED) is 0.475. The molecule has 0 N–H and O–H groups in total. The van der Waals surface area contributed by atoms with Crippen LogP contribution in [-0.4, -0.2) is 22.1 Å². The molecule has 0 radical (unpaired) electrons. The largest absolute Gasteiger partial charge is 0.255 e. The molecule has 1 aliphatic carbocycles. The predicted octanol–water partition coefficient (Wildman–Crippen LogP) is 2.07. The van der Waals surface area contributed by atoms with E-state index >= 15 is 0 Å². The van der Waals surface area contributed by atoms with Crippen LogP contribution < -0.4 is 0 Å². The third-order valence-corrected chi connectivity index (χ3v) is 3.34. The van der Waals surface area contributed by atoms with E-state index in [9.17, 15) is 8.78 Å². The highest BCUT2D eigenvalue weighted by atomic mass is 127. The van der Waals surface area contributed by atoms with Crippen LogP contribution in [0.3, 0.4) is 0 Å². The van der Waals surface area contributed by atoms with E-state index < -0.39 is 11.3 Å². The Hall–Kier alpha value is 0.550. The van der Waals surface area contributed by atoms with Crippen LogP contribution in [-0.2, 0) is 0 Å². The van der Waals surface area contributed by atoms with Crippen LogP contribution in [0.2, 0.25) is 0 Å². The summed E-state index contributed by atoms with van der Waals surface area (Å²) in [5.74, 6) is -2.34. The van der Waals surface area contributed by atoms with Crippen LogP contribution in [0.5, 0.6) is 0 Å². The van der Waals surface area contributed by atoms with E-state index in [1.54, 1.807) is 0 Å². The van der Waals surface area contributed by atoms with E-state index in [1.807, 2.05) is 3.11 Å². The fourth-order valence-electron chi connectivity index (χ4n) is 1.65. The van der Waals surface area contributed by atoms with Crippen molar-refractivity contribution in [2.24, 2.45) is 5.41 Å². The first-order valence-electron chi connectivity index (χ1n) is 3.34. The number of hydrogen-bond acceptors (Lipinski definition) is 1. The minimum atomic E-state index is -2.34. The molecule has 0 aromatic rings. The predicted molar refractivity (Wildman–Crippen MR) is 42.2 cm³/mol. The molecule has 1 spiro atoms. The van der Waals surface area contributed by atoms with E-state index in [1.165, 1.54) is 0 Å². The lowest BCUT2D eigenvalue weighted by Gasteiger charge is -2.05. The lowest BCUT2D eigenvalue weighted by atomic mass is 10.1.